The molecule has 1 unspecified atom stereocenters. The number of aryl methyl sites for hydroxylation is 3. The summed E-state index contributed by atoms with van der Waals surface area (Å²) in [5.74, 6) is 0.640. The normalized spacial score (nSPS) is 12.7. The fourth-order valence-corrected chi connectivity index (χ4v) is 2.31. The SMILES string of the molecule is CCc1ccc(C(O)c2occc2C)cc1CC. The van der Waals surface area contributed by atoms with Gasteiger partial charge in [0.2, 0.25) is 0 Å². The van der Waals surface area contributed by atoms with Gasteiger partial charge in [-0.05, 0) is 48.1 Å². The van der Waals surface area contributed by atoms with Crippen LogP contribution in [0, 0.1) is 6.92 Å². The molecule has 1 aromatic heterocycles. The van der Waals surface area contributed by atoms with Crippen molar-refractivity contribution in [1.29, 1.82) is 0 Å². The first kappa shape index (κ1) is 12.9. The van der Waals surface area contributed by atoms with E-state index in [1.807, 2.05) is 19.1 Å². The van der Waals surface area contributed by atoms with Crippen molar-refractivity contribution in [3.8, 4) is 0 Å². The maximum Gasteiger partial charge on any atom is 0.139 e. The molecule has 1 atom stereocenters. The zero-order valence-electron chi connectivity index (χ0n) is 11.2. The van der Waals surface area contributed by atoms with Crippen molar-refractivity contribution in [1.82, 2.24) is 0 Å². The number of benzene rings is 1. The molecule has 0 radical (unpaired) electrons. The zero-order chi connectivity index (χ0) is 13.1. The molecule has 96 valence electrons. The molecule has 0 aliphatic rings. The van der Waals surface area contributed by atoms with E-state index in [1.54, 1.807) is 6.26 Å². The number of rotatable bonds is 4. The Balaban J connectivity index is 2.37. The second-order valence-electron chi connectivity index (χ2n) is 4.61. The molecule has 18 heavy (non-hydrogen) atoms. The Morgan fingerprint density at radius 2 is 1.83 bits per heavy atom. The second kappa shape index (κ2) is 5.40. The molecule has 0 saturated carbocycles. The van der Waals surface area contributed by atoms with Gasteiger partial charge < -0.3 is 9.52 Å². The molecule has 1 heterocycles. The van der Waals surface area contributed by atoms with Gasteiger partial charge in [0.1, 0.15) is 11.9 Å². The fraction of sp³-hybridized carbons (Fsp3) is 0.375. The van der Waals surface area contributed by atoms with Gasteiger partial charge in [0.05, 0.1) is 6.26 Å². The zero-order valence-corrected chi connectivity index (χ0v) is 11.2. The summed E-state index contributed by atoms with van der Waals surface area (Å²) in [6.45, 7) is 6.24. The summed E-state index contributed by atoms with van der Waals surface area (Å²) < 4.78 is 5.36. The number of hydrogen-bond acceptors (Lipinski definition) is 2. The number of furan rings is 1. The van der Waals surface area contributed by atoms with E-state index in [4.69, 9.17) is 4.42 Å². The lowest BCUT2D eigenvalue weighted by Crippen LogP contribution is -2.02. The standard InChI is InChI=1S/C16H20O2/c1-4-12-6-7-14(10-13(12)5-2)15(17)16-11(3)8-9-18-16/h6-10,15,17H,4-5H2,1-3H3. The first-order valence-corrected chi connectivity index (χ1v) is 6.51. The van der Waals surface area contributed by atoms with Crippen LogP contribution in [0.1, 0.15) is 48.0 Å². The Bertz CT molecular complexity index is 526. The van der Waals surface area contributed by atoms with Crippen molar-refractivity contribution >= 4 is 0 Å². The summed E-state index contributed by atoms with van der Waals surface area (Å²) in [4.78, 5) is 0. The van der Waals surface area contributed by atoms with Gasteiger partial charge in [-0.2, -0.15) is 0 Å². The van der Waals surface area contributed by atoms with Crippen molar-refractivity contribution < 1.29 is 9.52 Å². The monoisotopic (exact) mass is 244 g/mol. The molecule has 2 aromatic rings. The van der Waals surface area contributed by atoms with Crippen LogP contribution in [0.5, 0.6) is 0 Å². The van der Waals surface area contributed by atoms with Crippen LogP contribution in [-0.4, -0.2) is 5.11 Å². The van der Waals surface area contributed by atoms with Crippen LogP contribution >= 0.6 is 0 Å². The van der Waals surface area contributed by atoms with E-state index in [0.29, 0.717) is 5.76 Å². The largest absolute Gasteiger partial charge is 0.466 e. The Labute approximate surface area is 108 Å². The van der Waals surface area contributed by atoms with Gasteiger partial charge in [0.15, 0.2) is 0 Å². The molecular weight excluding hydrogens is 224 g/mol. The fourth-order valence-electron chi connectivity index (χ4n) is 2.31. The molecule has 2 nitrogen and oxygen atoms in total. The van der Waals surface area contributed by atoms with E-state index >= 15 is 0 Å². The molecule has 1 aromatic carbocycles. The van der Waals surface area contributed by atoms with Gasteiger partial charge in [-0.3, -0.25) is 0 Å². The maximum atomic E-state index is 10.4. The van der Waals surface area contributed by atoms with E-state index in [-0.39, 0.29) is 0 Å². The Morgan fingerprint density at radius 1 is 1.11 bits per heavy atom. The number of hydrogen-bond donors (Lipinski definition) is 1. The Morgan fingerprint density at radius 3 is 2.39 bits per heavy atom. The summed E-state index contributed by atoms with van der Waals surface area (Å²) in [5, 5.41) is 10.4. The van der Waals surface area contributed by atoms with Crippen molar-refractivity contribution in [2.45, 2.75) is 39.7 Å². The molecule has 2 rings (SSSR count). The van der Waals surface area contributed by atoms with Crippen molar-refractivity contribution in [2.75, 3.05) is 0 Å². The highest BCUT2D eigenvalue weighted by Gasteiger charge is 2.17. The van der Waals surface area contributed by atoms with Crippen LogP contribution in [0.4, 0.5) is 0 Å². The third kappa shape index (κ3) is 2.34. The lowest BCUT2D eigenvalue weighted by atomic mass is 9.96. The van der Waals surface area contributed by atoms with Crippen LogP contribution in [0.3, 0.4) is 0 Å². The van der Waals surface area contributed by atoms with Gasteiger partial charge in [-0.25, -0.2) is 0 Å². The van der Waals surface area contributed by atoms with Crippen LogP contribution in [0.2, 0.25) is 0 Å². The first-order chi connectivity index (χ1) is 8.67. The van der Waals surface area contributed by atoms with Gasteiger partial charge in [-0.1, -0.05) is 32.0 Å². The molecule has 1 N–H and O–H groups in total. The topological polar surface area (TPSA) is 33.4 Å². The Kier molecular flexibility index (Phi) is 3.87. The van der Waals surface area contributed by atoms with Crippen molar-refractivity contribution in [2.24, 2.45) is 0 Å². The van der Waals surface area contributed by atoms with Crippen molar-refractivity contribution in [3.63, 3.8) is 0 Å². The highest BCUT2D eigenvalue weighted by molar-refractivity contribution is 5.36. The molecule has 2 heteroatoms. The highest BCUT2D eigenvalue weighted by Crippen LogP contribution is 2.27. The predicted octanol–water partition coefficient (Wildman–Crippen LogP) is 3.79. The molecule has 0 amide bonds. The van der Waals surface area contributed by atoms with Gasteiger partial charge >= 0.3 is 0 Å². The first-order valence-electron chi connectivity index (χ1n) is 6.51. The minimum atomic E-state index is -0.670. The van der Waals surface area contributed by atoms with E-state index < -0.39 is 6.10 Å². The van der Waals surface area contributed by atoms with Gasteiger partial charge in [0.25, 0.3) is 0 Å². The predicted molar refractivity (Wildman–Crippen MR) is 72.7 cm³/mol. The average Bonchev–Trinajstić information content (AvgIpc) is 2.83. The molecular formula is C16H20O2. The van der Waals surface area contributed by atoms with Crippen LogP contribution in [0.15, 0.2) is 34.9 Å². The minimum absolute atomic E-state index is 0.640. The smallest absolute Gasteiger partial charge is 0.139 e. The van der Waals surface area contributed by atoms with Gasteiger partial charge in [0, 0.05) is 0 Å². The van der Waals surface area contributed by atoms with Crippen molar-refractivity contribution in [3.05, 3.63) is 58.5 Å². The molecule has 0 spiro atoms. The molecule has 0 bridgehead atoms. The van der Waals surface area contributed by atoms with Crippen LogP contribution < -0.4 is 0 Å². The summed E-state index contributed by atoms with van der Waals surface area (Å²) in [5.41, 5.74) is 4.55. The van der Waals surface area contributed by atoms with Crippen LogP contribution in [-0.2, 0) is 12.8 Å². The second-order valence-corrected chi connectivity index (χ2v) is 4.61. The van der Waals surface area contributed by atoms with E-state index in [0.717, 1.165) is 24.0 Å². The highest BCUT2D eigenvalue weighted by atomic mass is 16.4. The summed E-state index contributed by atoms with van der Waals surface area (Å²) in [6.07, 6.45) is 2.96. The Hall–Kier alpha value is -1.54. The number of aliphatic hydroxyl groups is 1. The summed E-state index contributed by atoms with van der Waals surface area (Å²) >= 11 is 0. The average molecular weight is 244 g/mol. The van der Waals surface area contributed by atoms with Crippen LogP contribution in [0.25, 0.3) is 0 Å². The minimum Gasteiger partial charge on any atom is -0.466 e. The van der Waals surface area contributed by atoms with E-state index in [1.165, 1.54) is 11.1 Å². The maximum absolute atomic E-state index is 10.4. The molecule has 0 saturated heterocycles. The lowest BCUT2D eigenvalue weighted by molar-refractivity contribution is 0.188. The number of aliphatic hydroxyl groups excluding tert-OH is 1. The molecule has 0 aliphatic carbocycles. The van der Waals surface area contributed by atoms with Gasteiger partial charge in [-0.15, -0.1) is 0 Å². The summed E-state index contributed by atoms with van der Waals surface area (Å²) in [7, 11) is 0. The van der Waals surface area contributed by atoms with E-state index in [9.17, 15) is 5.11 Å². The van der Waals surface area contributed by atoms with E-state index in [2.05, 4.69) is 26.0 Å². The molecule has 0 fully saturated rings. The third-order valence-corrected chi connectivity index (χ3v) is 3.46. The molecule has 0 aliphatic heterocycles. The lowest BCUT2D eigenvalue weighted by Gasteiger charge is -2.13. The quantitative estimate of drug-likeness (QED) is 0.887. The third-order valence-electron chi connectivity index (χ3n) is 3.46. The summed E-state index contributed by atoms with van der Waals surface area (Å²) in [6, 6.07) is 8.06.